The normalized spacial score (nSPS) is 12.4. The summed E-state index contributed by atoms with van der Waals surface area (Å²) in [7, 11) is 5.33. The number of hydrogen-bond acceptors (Lipinski definition) is 5. The molecule has 2 aromatic heterocycles. The Bertz CT molecular complexity index is 496. The lowest BCUT2D eigenvalue weighted by molar-refractivity contribution is 0.384. The molecule has 0 bridgehead atoms. The van der Waals surface area contributed by atoms with E-state index in [-0.39, 0.29) is 6.04 Å². The van der Waals surface area contributed by atoms with Crippen molar-refractivity contribution >= 4 is 0 Å². The molecule has 1 atom stereocenters. The maximum Gasteiger partial charge on any atom is 0.237 e. The summed E-state index contributed by atoms with van der Waals surface area (Å²) in [4.78, 5) is 8.47. The van der Waals surface area contributed by atoms with Crippen LogP contribution in [0.1, 0.15) is 17.3 Å². The first-order valence-electron chi connectivity index (χ1n) is 5.27. The summed E-state index contributed by atoms with van der Waals surface area (Å²) in [5, 5.41) is 7.34. The van der Waals surface area contributed by atoms with Gasteiger partial charge in [0.15, 0.2) is 0 Å². The molecule has 2 heterocycles. The summed E-state index contributed by atoms with van der Waals surface area (Å²) in [6.45, 7) is 0. The Morgan fingerprint density at radius 1 is 1.35 bits per heavy atom. The Morgan fingerprint density at radius 3 is 2.71 bits per heavy atom. The van der Waals surface area contributed by atoms with Gasteiger partial charge in [-0.1, -0.05) is 0 Å². The summed E-state index contributed by atoms with van der Waals surface area (Å²) >= 11 is 0. The summed E-state index contributed by atoms with van der Waals surface area (Å²) in [6.07, 6.45) is 7.00. The average molecular weight is 233 g/mol. The van der Waals surface area contributed by atoms with E-state index >= 15 is 0 Å². The van der Waals surface area contributed by atoms with E-state index in [1.165, 1.54) is 0 Å². The lowest BCUT2D eigenvalue weighted by Crippen LogP contribution is -2.19. The number of methoxy groups -OCH3 is 1. The third kappa shape index (κ3) is 2.26. The second kappa shape index (κ2) is 4.92. The van der Waals surface area contributed by atoms with E-state index in [4.69, 9.17) is 4.74 Å². The van der Waals surface area contributed by atoms with Crippen LogP contribution in [0.3, 0.4) is 0 Å². The lowest BCUT2D eigenvalue weighted by Gasteiger charge is -2.15. The molecule has 90 valence electrons. The van der Waals surface area contributed by atoms with Gasteiger partial charge in [0, 0.05) is 31.2 Å². The molecule has 2 rings (SSSR count). The molecule has 0 aliphatic rings. The molecule has 0 fully saturated rings. The Labute approximate surface area is 99.7 Å². The van der Waals surface area contributed by atoms with E-state index in [0.717, 1.165) is 11.3 Å². The minimum atomic E-state index is -0.0765. The van der Waals surface area contributed by atoms with Crippen LogP contribution in [0.5, 0.6) is 5.88 Å². The minimum Gasteiger partial charge on any atom is -0.480 e. The highest BCUT2D eigenvalue weighted by molar-refractivity contribution is 5.30. The minimum absolute atomic E-state index is 0.0765. The van der Waals surface area contributed by atoms with Crippen LogP contribution in [0.4, 0.5) is 0 Å². The summed E-state index contributed by atoms with van der Waals surface area (Å²) < 4.78 is 6.97. The molecular weight excluding hydrogens is 218 g/mol. The van der Waals surface area contributed by atoms with Gasteiger partial charge in [0.2, 0.25) is 5.88 Å². The molecule has 0 saturated heterocycles. The molecule has 6 nitrogen and oxygen atoms in total. The highest BCUT2D eigenvalue weighted by Gasteiger charge is 2.19. The van der Waals surface area contributed by atoms with Gasteiger partial charge in [0.25, 0.3) is 0 Å². The zero-order chi connectivity index (χ0) is 12.3. The van der Waals surface area contributed by atoms with Crippen LogP contribution in [0, 0.1) is 0 Å². The Hall–Kier alpha value is -1.95. The van der Waals surface area contributed by atoms with Gasteiger partial charge in [-0.15, -0.1) is 0 Å². The van der Waals surface area contributed by atoms with Crippen molar-refractivity contribution in [3.8, 4) is 5.88 Å². The zero-order valence-corrected chi connectivity index (χ0v) is 10.1. The van der Waals surface area contributed by atoms with Crippen molar-refractivity contribution in [3.05, 3.63) is 36.0 Å². The van der Waals surface area contributed by atoms with Gasteiger partial charge in [-0.2, -0.15) is 5.10 Å². The fourth-order valence-corrected chi connectivity index (χ4v) is 1.74. The molecule has 1 unspecified atom stereocenters. The van der Waals surface area contributed by atoms with Crippen LogP contribution in [0.15, 0.2) is 24.8 Å². The quantitative estimate of drug-likeness (QED) is 0.834. The second-order valence-corrected chi connectivity index (χ2v) is 3.62. The van der Waals surface area contributed by atoms with Crippen LogP contribution in [0.25, 0.3) is 0 Å². The highest BCUT2D eigenvalue weighted by atomic mass is 16.5. The monoisotopic (exact) mass is 233 g/mol. The van der Waals surface area contributed by atoms with Crippen LogP contribution < -0.4 is 10.1 Å². The second-order valence-electron chi connectivity index (χ2n) is 3.62. The Kier molecular flexibility index (Phi) is 3.34. The number of aromatic nitrogens is 4. The SMILES string of the molecule is CNC(c1cnn(C)c1)c1nccnc1OC. The van der Waals surface area contributed by atoms with Gasteiger partial charge in [0.1, 0.15) is 5.69 Å². The standard InChI is InChI=1S/C11H15N5O/c1-12-9(8-6-15-16(2)7-8)10-11(17-3)14-5-4-13-10/h4-7,9,12H,1-3H3. The van der Waals surface area contributed by atoms with E-state index < -0.39 is 0 Å². The molecule has 2 aromatic rings. The highest BCUT2D eigenvalue weighted by Crippen LogP contribution is 2.25. The first kappa shape index (κ1) is 11.5. The number of rotatable bonds is 4. The van der Waals surface area contributed by atoms with Gasteiger partial charge in [0.05, 0.1) is 19.3 Å². The lowest BCUT2D eigenvalue weighted by atomic mass is 10.1. The van der Waals surface area contributed by atoms with Crippen molar-refractivity contribution in [2.75, 3.05) is 14.2 Å². The molecule has 0 aromatic carbocycles. The fourth-order valence-electron chi connectivity index (χ4n) is 1.74. The van der Waals surface area contributed by atoms with E-state index in [1.807, 2.05) is 20.3 Å². The van der Waals surface area contributed by atoms with Crippen LogP contribution in [-0.2, 0) is 7.05 Å². The number of ether oxygens (including phenoxy) is 1. The molecule has 0 aliphatic carbocycles. The van der Waals surface area contributed by atoms with Crippen LogP contribution >= 0.6 is 0 Å². The molecular formula is C11H15N5O. The van der Waals surface area contributed by atoms with Gasteiger partial charge in [-0.3, -0.25) is 9.67 Å². The predicted octanol–water partition coefficient (Wildman–Crippen LogP) is 0.527. The number of aryl methyl sites for hydroxylation is 1. The maximum absolute atomic E-state index is 5.22. The smallest absolute Gasteiger partial charge is 0.237 e. The Balaban J connectivity index is 2.41. The number of hydrogen-bond donors (Lipinski definition) is 1. The molecule has 6 heteroatoms. The topological polar surface area (TPSA) is 64.9 Å². The van der Waals surface area contributed by atoms with Crippen LogP contribution in [-0.4, -0.2) is 33.9 Å². The molecule has 0 saturated carbocycles. The molecule has 1 N–H and O–H groups in total. The van der Waals surface area contributed by atoms with E-state index in [1.54, 1.807) is 30.4 Å². The molecule has 0 radical (unpaired) electrons. The Morgan fingerprint density at radius 2 is 2.12 bits per heavy atom. The molecule has 0 amide bonds. The third-order valence-corrected chi connectivity index (χ3v) is 2.50. The van der Waals surface area contributed by atoms with Gasteiger partial charge >= 0.3 is 0 Å². The summed E-state index contributed by atoms with van der Waals surface area (Å²) in [5.41, 5.74) is 1.78. The third-order valence-electron chi connectivity index (χ3n) is 2.50. The van der Waals surface area contributed by atoms with E-state index in [0.29, 0.717) is 5.88 Å². The van der Waals surface area contributed by atoms with Crippen LogP contribution in [0.2, 0.25) is 0 Å². The van der Waals surface area contributed by atoms with Crippen molar-refractivity contribution in [1.82, 2.24) is 25.1 Å². The van der Waals surface area contributed by atoms with E-state index in [2.05, 4.69) is 20.4 Å². The maximum atomic E-state index is 5.22. The van der Waals surface area contributed by atoms with Gasteiger partial charge in [-0.25, -0.2) is 4.98 Å². The van der Waals surface area contributed by atoms with Crippen molar-refractivity contribution < 1.29 is 4.74 Å². The van der Waals surface area contributed by atoms with Crippen molar-refractivity contribution in [2.45, 2.75) is 6.04 Å². The summed E-state index contributed by atoms with van der Waals surface area (Å²) in [5.74, 6) is 0.524. The van der Waals surface area contributed by atoms with Gasteiger partial charge in [-0.05, 0) is 7.05 Å². The molecule has 0 aliphatic heterocycles. The van der Waals surface area contributed by atoms with Crippen molar-refractivity contribution in [2.24, 2.45) is 7.05 Å². The average Bonchev–Trinajstić information content (AvgIpc) is 2.77. The van der Waals surface area contributed by atoms with Gasteiger partial charge < -0.3 is 10.1 Å². The van der Waals surface area contributed by atoms with Crippen molar-refractivity contribution in [1.29, 1.82) is 0 Å². The first-order chi connectivity index (χ1) is 8.26. The summed E-state index contributed by atoms with van der Waals surface area (Å²) in [6, 6.07) is -0.0765. The number of nitrogens with one attached hydrogen (secondary N) is 1. The largest absolute Gasteiger partial charge is 0.480 e. The number of nitrogens with zero attached hydrogens (tertiary/aromatic N) is 4. The van der Waals surface area contributed by atoms with Crippen molar-refractivity contribution in [3.63, 3.8) is 0 Å². The first-order valence-corrected chi connectivity index (χ1v) is 5.27. The molecule has 17 heavy (non-hydrogen) atoms. The fraction of sp³-hybridized carbons (Fsp3) is 0.364. The zero-order valence-electron chi connectivity index (χ0n) is 10.1. The predicted molar refractivity (Wildman–Crippen MR) is 62.7 cm³/mol. The molecule has 0 spiro atoms. The van der Waals surface area contributed by atoms with E-state index in [9.17, 15) is 0 Å².